The van der Waals surface area contributed by atoms with Crippen LogP contribution in [0.25, 0.3) is 0 Å². The number of hydrazine groups is 1. The fourth-order valence-electron chi connectivity index (χ4n) is 2.89. The van der Waals surface area contributed by atoms with Gasteiger partial charge in [-0.15, -0.1) is 0 Å². The van der Waals surface area contributed by atoms with E-state index >= 15 is 0 Å². The van der Waals surface area contributed by atoms with E-state index in [4.69, 9.17) is 11.6 Å². The highest BCUT2D eigenvalue weighted by atomic mass is 35.5. The third kappa shape index (κ3) is 4.51. The molecule has 6 heteroatoms. The number of carbonyl (C=O) groups is 1. The summed E-state index contributed by atoms with van der Waals surface area (Å²) in [5, 5.41) is 3.69. The molecule has 132 valence electrons. The first-order valence-corrected chi connectivity index (χ1v) is 8.71. The summed E-state index contributed by atoms with van der Waals surface area (Å²) >= 11 is 6.04. The van der Waals surface area contributed by atoms with E-state index in [-0.39, 0.29) is 18.0 Å². The van der Waals surface area contributed by atoms with E-state index in [0.29, 0.717) is 18.0 Å². The van der Waals surface area contributed by atoms with Gasteiger partial charge in [0.15, 0.2) is 0 Å². The lowest BCUT2D eigenvalue weighted by Crippen LogP contribution is -2.42. The average molecular weight is 359 g/mol. The van der Waals surface area contributed by atoms with E-state index in [0.717, 1.165) is 16.8 Å². The number of nitrogens with zero attached hydrogens (tertiary/aromatic N) is 1. The summed E-state index contributed by atoms with van der Waals surface area (Å²) in [7, 11) is 4.01. The van der Waals surface area contributed by atoms with Crippen LogP contribution in [0.3, 0.4) is 0 Å². The molecule has 1 amide bonds. The van der Waals surface area contributed by atoms with Crippen LogP contribution in [0.4, 0.5) is 5.69 Å². The minimum atomic E-state index is -0.259. The summed E-state index contributed by atoms with van der Waals surface area (Å²) in [6.07, 6.45) is 0.686. The largest absolute Gasteiger partial charge is 0.378 e. The van der Waals surface area contributed by atoms with Crippen molar-refractivity contribution in [2.45, 2.75) is 25.0 Å². The molecule has 0 aromatic heterocycles. The van der Waals surface area contributed by atoms with E-state index in [1.54, 1.807) is 0 Å². The second kappa shape index (κ2) is 7.87. The molecule has 25 heavy (non-hydrogen) atoms. The Morgan fingerprint density at radius 3 is 2.64 bits per heavy atom. The number of rotatable bonds is 5. The fourth-order valence-corrected chi connectivity index (χ4v) is 3.09. The lowest BCUT2D eigenvalue weighted by Gasteiger charge is -2.14. The van der Waals surface area contributed by atoms with Gasteiger partial charge in [0.25, 0.3) is 0 Å². The van der Waals surface area contributed by atoms with Crippen molar-refractivity contribution in [1.29, 1.82) is 0 Å². The number of anilines is 1. The molecule has 3 N–H and O–H groups in total. The zero-order valence-electron chi connectivity index (χ0n) is 14.4. The van der Waals surface area contributed by atoms with E-state index in [9.17, 15) is 4.79 Å². The molecule has 2 aromatic rings. The summed E-state index contributed by atoms with van der Waals surface area (Å²) in [5.74, 6) is -0.00582. The molecule has 0 saturated carbocycles. The summed E-state index contributed by atoms with van der Waals surface area (Å²) < 4.78 is 0. The van der Waals surface area contributed by atoms with Crippen molar-refractivity contribution in [2.75, 3.05) is 19.0 Å². The quantitative estimate of drug-likeness (QED) is 0.769. The van der Waals surface area contributed by atoms with E-state index in [1.807, 2.05) is 67.5 Å². The molecule has 5 nitrogen and oxygen atoms in total. The summed E-state index contributed by atoms with van der Waals surface area (Å²) in [5.41, 5.74) is 9.55. The fraction of sp³-hybridized carbons (Fsp3) is 0.316. The molecule has 1 saturated heterocycles. The summed E-state index contributed by atoms with van der Waals surface area (Å²) in [4.78, 5) is 14.4. The molecule has 1 aliphatic heterocycles. The van der Waals surface area contributed by atoms with Crippen LogP contribution in [0.15, 0.2) is 48.5 Å². The van der Waals surface area contributed by atoms with Gasteiger partial charge in [-0.25, -0.2) is 10.9 Å². The van der Waals surface area contributed by atoms with Crippen molar-refractivity contribution in [3.05, 3.63) is 64.7 Å². The van der Waals surface area contributed by atoms with Crippen LogP contribution in [-0.4, -0.2) is 26.0 Å². The lowest BCUT2D eigenvalue weighted by atomic mass is 10.0. The normalized spacial score (nSPS) is 19.6. The number of amides is 1. The maximum Gasteiger partial charge on any atom is 0.238 e. The van der Waals surface area contributed by atoms with Gasteiger partial charge in [-0.2, -0.15) is 0 Å². The lowest BCUT2D eigenvalue weighted by molar-refractivity contribution is -0.123. The van der Waals surface area contributed by atoms with Crippen LogP contribution in [0.2, 0.25) is 5.02 Å². The zero-order valence-corrected chi connectivity index (χ0v) is 15.2. The topological polar surface area (TPSA) is 56.4 Å². The Hall–Kier alpha value is -2.08. The van der Waals surface area contributed by atoms with Gasteiger partial charge in [-0.1, -0.05) is 35.9 Å². The van der Waals surface area contributed by atoms with Gasteiger partial charge in [-0.3, -0.25) is 4.79 Å². The van der Waals surface area contributed by atoms with Crippen molar-refractivity contribution >= 4 is 23.2 Å². The Kier molecular flexibility index (Phi) is 5.58. The molecule has 1 aliphatic rings. The molecule has 0 spiro atoms. The molecule has 1 heterocycles. The minimum absolute atomic E-state index is 0.00582. The molecular weight excluding hydrogens is 336 g/mol. The van der Waals surface area contributed by atoms with Crippen molar-refractivity contribution in [3.8, 4) is 0 Å². The van der Waals surface area contributed by atoms with Crippen LogP contribution in [0, 0.1) is 0 Å². The molecule has 0 aliphatic carbocycles. The van der Waals surface area contributed by atoms with E-state index in [2.05, 4.69) is 16.2 Å². The predicted molar refractivity (Wildman–Crippen MR) is 101 cm³/mol. The highest BCUT2D eigenvalue weighted by Gasteiger charge is 2.29. The maximum absolute atomic E-state index is 12.4. The van der Waals surface area contributed by atoms with Gasteiger partial charge in [-0.05, 0) is 41.8 Å². The third-order valence-electron chi connectivity index (χ3n) is 4.39. The molecular formula is C19H23ClN4O. The number of nitrogens with one attached hydrogen (secondary N) is 3. The first-order valence-electron chi connectivity index (χ1n) is 8.33. The standard InChI is InChI=1S/C19H23ClN4O/c1-24(2)16-8-6-13(7-9-16)12-21-19(25)18-11-17(22-23-18)14-4-3-5-15(20)10-14/h3-10,17-18,22-23H,11-12H2,1-2H3,(H,21,25). The highest BCUT2D eigenvalue weighted by molar-refractivity contribution is 6.30. The average Bonchev–Trinajstić information content (AvgIpc) is 3.10. The smallest absolute Gasteiger partial charge is 0.238 e. The summed E-state index contributed by atoms with van der Waals surface area (Å²) in [6, 6.07) is 15.7. The molecule has 1 fully saturated rings. The zero-order chi connectivity index (χ0) is 17.8. The Bertz CT molecular complexity index is 732. The molecule has 0 radical (unpaired) electrons. The third-order valence-corrected chi connectivity index (χ3v) is 4.63. The first-order chi connectivity index (χ1) is 12.0. The van der Waals surface area contributed by atoms with Crippen molar-refractivity contribution in [2.24, 2.45) is 0 Å². The van der Waals surface area contributed by atoms with Crippen LogP contribution < -0.4 is 21.1 Å². The number of carbonyl (C=O) groups excluding carboxylic acids is 1. The van der Waals surface area contributed by atoms with Crippen molar-refractivity contribution < 1.29 is 4.79 Å². The summed E-state index contributed by atoms with van der Waals surface area (Å²) in [6.45, 7) is 0.520. The van der Waals surface area contributed by atoms with Gasteiger partial charge in [0.05, 0.1) is 0 Å². The van der Waals surface area contributed by atoms with Crippen LogP contribution in [0.5, 0.6) is 0 Å². The van der Waals surface area contributed by atoms with Gasteiger partial charge < -0.3 is 10.2 Å². The molecule has 3 rings (SSSR count). The maximum atomic E-state index is 12.4. The van der Waals surface area contributed by atoms with Crippen molar-refractivity contribution in [1.82, 2.24) is 16.2 Å². The van der Waals surface area contributed by atoms with Crippen LogP contribution >= 0.6 is 11.6 Å². The Morgan fingerprint density at radius 1 is 1.20 bits per heavy atom. The van der Waals surface area contributed by atoms with E-state index < -0.39 is 0 Å². The monoisotopic (exact) mass is 358 g/mol. The van der Waals surface area contributed by atoms with Gasteiger partial charge >= 0.3 is 0 Å². The second-order valence-corrected chi connectivity index (χ2v) is 6.90. The highest BCUT2D eigenvalue weighted by Crippen LogP contribution is 2.24. The Labute approximate surface area is 153 Å². The Balaban J connectivity index is 1.52. The number of halogens is 1. The van der Waals surface area contributed by atoms with Crippen LogP contribution in [0.1, 0.15) is 23.6 Å². The predicted octanol–water partition coefficient (Wildman–Crippen LogP) is 2.63. The van der Waals surface area contributed by atoms with Crippen molar-refractivity contribution in [3.63, 3.8) is 0 Å². The molecule has 0 bridgehead atoms. The Morgan fingerprint density at radius 2 is 1.96 bits per heavy atom. The second-order valence-electron chi connectivity index (χ2n) is 6.46. The molecule has 2 aromatic carbocycles. The minimum Gasteiger partial charge on any atom is -0.378 e. The SMILES string of the molecule is CN(C)c1ccc(CNC(=O)C2CC(c3cccc(Cl)c3)NN2)cc1. The number of benzene rings is 2. The number of hydrogen-bond donors (Lipinski definition) is 3. The first kappa shape index (κ1) is 17.7. The molecule has 2 atom stereocenters. The van der Waals surface area contributed by atoms with Gasteiger partial charge in [0.1, 0.15) is 6.04 Å². The van der Waals surface area contributed by atoms with Gasteiger partial charge in [0.2, 0.25) is 5.91 Å². The molecule has 2 unspecified atom stereocenters. The number of hydrogen-bond acceptors (Lipinski definition) is 4. The van der Waals surface area contributed by atoms with Gasteiger partial charge in [0, 0.05) is 37.4 Å². The van der Waals surface area contributed by atoms with E-state index in [1.165, 1.54) is 0 Å². The van der Waals surface area contributed by atoms with Crippen LogP contribution in [-0.2, 0) is 11.3 Å².